The van der Waals surface area contributed by atoms with Crippen molar-refractivity contribution < 1.29 is 26.7 Å². The van der Waals surface area contributed by atoms with Gasteiger partial charge >= 0.3 is 0 Å². The second-order valence-corrected chi connectivity index (χ2v) is 6.71. The standard InChI is InChI=1S/C25H13F5O/c1-31-17-5-8-18(24(29)13-17)16-11-22(27)20(23(28)12-16)7-3-14-2-6-19-15(10-14)4-9-21(26)25(19)30/h2,4-6,8-13H,1H3. The van der Waals surface area contributed by atoms with Crippen LogP contribution in [0.3, 0.4) is 0 Å². The van der Waals surface area contributed by atoms with E-state index in [-0.39, 0.29) is 22.3 Å². The van der Waals surface area contributed by atoms with Gasteiger partial charge in [-0.05, 0) is 53.4 Å². The molecule has 4 aromatic carbocycles. The molecule has 31 heavy (non-hydrogen) atoms. The van der Waals surface area contributed by atoms with Crippen LogP contribution in [0, 0.1) is 40.9 Å². The Kier molecular flexibility index (Phi) is 5.35. The molecule has 4 aromatic rings. The van der Waals surface area contributed by atoms with Crippen LogP contribution in [-0.2, 0) is 0 Å². The van der Waals surface area contributed by atoms with Crippen LogP contribution in [0.25, 0.3) is 21.9 Å². The molecule has 0 N–H and O–H groups in total. The first-order chi connectivity index (χ1) is 14.9. The number of methoxy groups -OCH3 is 1. The van der Waals surface area contributed by atoms with E-state index in [9.17, 15) is 22.0 Å². The summed E-state index contributed by atoms with van der Waals surface area (Å²) >= 11 is 0. The second kappa shape index (κ2) is 8.11. The highest BCUT2D eigenvalue weighted by Gasteiger charge is 2.14. The number of halogens is 5. The number of hydrogen-bond acceptors (Lipinski definition) is 1. The summed E-state index contributed by atoms with van der Waals surface area (Å²) in [5.41, 5.74) is -0.0866. The minimum Gasteiger partial charge on any atom is -0.497 e. The summed E-state index contributed by atoms with van der Waals surface area (Å²) in [5, 5.41) is 0.478. The van der Waals surface area contributed by atoms with Gasteiger partial charge in [-0.15, -0.1) is 0 Å². The average Bonchev–Trinajstić information content (AvgIpc) is 2.75. The lowest BCUT2D eigenvalue weighted by atomic mass is 10.0. The van der Waals surface area contributed by atoms with E-state index in [1.54, 1.807) is 0 Å². The van der Waals surface area contributed by atoms with E-state index < -0.39 is 34.6 Å². The Bertz CT molecular complexity index is 1360. The molecule has 0 saturated heterocycles. The topological polar surface area (TPSA) is 9.23 Å². The monoisotopic (exact) mass is 424 g/mol. The molecule has 0 amide bonds. The van der Waals surface area contributed by atoms with Gasteiger partial charge < -0.3 is 4.74 Å². The molecule has 0 aliphatic heterocycles. The van der Waals surface area contributed by atoms with Gasteiger partial charge in [0.1, 0.15) is 23.2 Å². The molecule has 0 fully saturated rings. The molecular weight excluding hydrogens is 411 g/mol. The highest BCUT2D eigenvalue weighted by Crippen LogP contribution is 2.29. The third-order valence-corrected chi connectivity index (χ3v) is 4.77. The van der Waals surface area contributed by atoms with Crippen molar-refractivity contribution in [3.05, 3.63) is 101 Å². The number of fused-ring (bicyclic) bond motifs is 1. The highest BCUT2D eigenvalue weighted by atomic mass is 19.2. The van der Waals surface area contributed by atoms with Crippen molar-refractivity contribution >= 4 is 10.8 Å². The van der Waals surface area contributed by atoms with E-state index in [1.807, 2.05) is 0 Å². The van der Waals surface area contributed by atoms with Crippen LogP contribution >= 0.6 is 0 Å². The van der Waals surface area contributed by atoms with Gasteiger partial charge in [-0.1, -0.05) is 24.0 Å². The summed E-state index contributed by atoms with van der Waals surface area (Å²) in [4.78, 5) is 0. The van der Waals surface area contributed by atoms with Gasteiger partial charge in [-0.25, -0.2) is 22.0 Å². The summed E-state index contributed by atoms with van der Waals surface area (Å²) in [5.74, 6) is 0.783. The Morgan fingerprint density at radius 2 is 1.42 bits per heavy atom. The molecule has 154 valence electrons. The number of benzene rings is 4. The average molecular weight is 424 g/mol. The fraction of sp³-hybridized carbons (Fsp3) is 0.0400. The fourth-order valence-corrected chi connectivity index (χ4v) is 3.18. The van der Waals surface area contributed by atoms with Crippen LogP contribution < -0.4 is 4.74 Å². The number of hydrogen-bond donors (Lipinski definition) is 0. The van der Waals surface area contributed by atoms with Gasteiger partial charge in [0.15, 0.2) is 11.6 Å². The highest BCUT2D eigenvalue weighted by molar-refractivity contribution is 5.84. The van der Waals surface area contributed by atoms with Crippen LogP contribution in [0.1, 0.15) is 11.1 Å². The second-order valence-electron chi connectivity index (χ2n) is 6.71. The summed E-state index contributed by atoms with van der Waals surface area (Å²) in [6, 6.07) is 12.6. The molecular formula is C25H13F5O. The molecule has 0 heterocycles. The first kappa shape index (κ1) is 20.4. The van der Waals surface area contributed by atoms with Crippen molar-refractivity contribution in [3.63, 3.8) is 0 Å². The first-order valence-corrected chi connectivity index (χ1v) is 9.10. The Morgan fingerprint density at radius 1 is 0.677 bits per heavy atom. The predicted octanol–water partition coefficient (Wildman–Crippen LogP) is 6.61. The lowest BCUT2D eigenvalue weighted by molar-refractivity contribution is 0.411. The van der Waals surface area contributed by atoms with E-state index in [2.05, 4.69) is 11.8 Å². The quantitative estimate of drug-likeness (QED) is 0.260. The minimum atomic E-state index is -0.976. The van der Waals surface area contributed by atoms with Crippen molar-refractivity contribution in [1.29, 1.82) is 0 Å². The van der Waals surface area contributed by atoms with E-state index >= 15 is 0 Å². The Balaban J connectivity index is 1.70. The van der Waals surface area contributed by atoms with Gasteiger partial charge in [0.2, 0.25) is 0 Å². The van der Waals surface area contributed by atoms with Crippen LogP contribution in [0.2, 0.25) is 0 Å². The molecule has 0 aliphatic carbocycles. The zero-order valence-electron chi connectivity index (χ0n) is 16.1. The molecule has 0 unspecified atom stereocenters. The zero-order chi connectivity index (χ0) is 22.1. The molecule has 0 bridgehead atoms. The van der Waals surface area contributed by atoms with Crippen LogP contribution in [-0.4, -0.2) is 7.11 Å². The van der Waals surface area contributed by atoms with Gasteiger partial charge in [-0.2, -0.15) is 0 Å². The fourth-order valence-electron chi connectivity index (χ4n) is 3.18. The van der Waals surface area contributed by atoms with Crippen LogP contribution in [0.15, 0.2) is 60.7 Å². The molecule has 0 saturated carbocycles. The maximum absolute atomic E-state index is 14.5. The van der Waals surface area contributed by atoms with Crippen LogP contribution in [0.5, 0.6) is 5.75 Å². The molecule has 0 aromatic heterocycles. The van der Waals surface area contributed by atoms with Gasteiger partial charge in [0, 0.05) is 22.6 Å². The lowest BCUT2D eigenvalue weighted by Crippen LogP contribution is -1.94. The molecule has 0 aliphatic rings. The Morgan fingerprint density at radius 3 is 2.10 bits per heavy atom. The third-order valence-electron chi connectivity index (χ3n) is 4.77. The van der Waals surface area contributed by atoms with Gasteiger partial charge in [0.05, 0.1) is 12.7 Å². The zero-order valence-corrected chi connectivity index (χ0v) is 16.1. The smallest absolute Gasteiger partial charge is 0.166 e. The molecule has 4 rings (SSSR count). The summed E-state index contributed by atoms with van der Waals surface area (Å²) in [7, 11) is 1.38. The van der Waals surface area contributed by atoms with Crippen molar-refractivity contribution in [2.24, 2.45) is 0 Å². The molecule has 0 atom stereocenters. The maximum atomic E-state index is 14.5. The first-order valence-electron chi connectivity index (χ1n) is 9.10. The summed E-state index contributed by atoms with van der Waals surface area (Å²) < 4.78 is 75.3. The van der Waals surface area contributed by atoms with Gasteiger partial charge in [0.25, 0.3) is 0 Å². The van der Waals surface area contributed by atoms with E-state index in [1.165, 1.54) is 43.5 Å². The van der Waals surface area contributed by atoms with E-state index in [0.717, 1.165) is 24.3 Å². The SMILES string of the molecule is COc1ccc(-c2cc(F)c(C#Cc3ccc4c(F)c(F)ccc4c3)c(F)c2)c(F)c1. The van der Waals surface area contributed by atoms with Crippen molar-refractivity contribution in [1.82, 2.24) is 0 Å². The van der Waals surface area contributed by atoms with Crippen molar-refractivity contribution in [2.75, 3.05) is 7.11 Å². The molecule has 0 spiro atoms. The van der Waals surface area contributed by atoms with Gasteiger partial charge in [-0.3, -0.25) is 0 Å². The van der Waals surface area contributed by atoms with Crippen LogP contribution in [0.4, 0.5) is 22.0 Å². The van der Waals surface area contributed by atoms with Crippen molar-refractivity contribution in [2.45, 2.75) is 0 Å². The normalized spacial score (nSPS) is 10.6. The van der Waals surface area contributed by atoms with E-state index in [4.69, 9.17) is 4.74 Å². The Hall–Kier alpha value is -3.85. The maximum Gasteiger partial charge on any atom is 0.166 e. The van der Waals surface area contributed by atoms with E-state index in [0.29, 0.717) is 10.9 Å². The number of rotatable bonds is 2. The number of ether oxygens (including phenoxy) is 1. The summed E-state index contributed by atoms with van der Waals surface area (Å²) in [6.07, 6.45) is 0. The lowest BCUT2D eigenvalue weighted by Gasteiger charge is -2.08. The predicted molar refractivity (Wildman–Crippen MR) is 108 cm³/mol. The third kappa shape index (κ3) is 3.95. The largest absolute Gasteiger partial charge is 0.497 e. The molecule has 1 nitrogen and oxygen atoms in total. The molecule has 6 heteroatoms. The van der Waals surface area contributed by atoms with Crippen molar-refractivity contribution in [3.8, 4) is 28.7 Å². The molecule has 0 radical (unpaired) electrons. The summed E-state index contributed by atoms with van der Waals surface area (Å²) in [6.45, 7) is 0. The minimum absolute atomic E-state index is 0.0156. The Labute approximate surface area is 174 Å².